The molecule has 1 N–H and O–H groups in total. The SMILES string of the molecule is CC(C)/C(O)=C/C(=O)C(C)(C)C(F)(F)F.Cc1cc(CC(C)(C)C)cc(C)c1-c1sc2c(-c3[c-]c4ccccc4c(C(C)(C)C)c3)ncc(C#N)c2c1C.[Ir]. The number of halogens is 3. The van der Waals surface area contributed by atoms with Gasteiger partial charge in [-0.05, 0) is 79.7 Å². The number of aliphatic hydroxyl groups is 1. The maximum Gasteiger partial charge on any atom is 0.401 e. The van der Waals surface area contributed by atoms with Gasteiger partial charge in [0.2, 0.25) is 0 Å². The van der Waals surface area contributed by atoms with Crippen LogP contribution in [0.1, 0.15) is 103 Å². The first-order chi connectivity index (χ1) is 24.8. The molecule has 9 heteroatoms. The Kier molecular flexibility index (Phi) is 13.9. The van der Waals surface area contributed by atoms with Crippen LogP contribution in [0.15, 0.2) is 60.5 Å². The average Bonchev–Trinajstić information content (AvgIpc) is 3.38. The van der Waals surface area contributed by atoms with Crippen molar-refractivity contribution in [3.05, 3.63) is 99.9 Å². The molecule has 5 aromatic rings. The summed E-state index contributed by atoms with van der Waals surface area (Å²) in [5, 5.41) is 22.6. The van der Waals surface area contributed by atoms with E-state index in [0.717, 1.165) is 52.6 Å². The standard InChI is InChI=1S/C36H37N2S.C10H15F3O2.Ir/c1-21-14-24(18-35(4,5)6)15-22(2)30(21)33-23(3)31-27(19-37)20-38-32(34(31)39-33)26-16-25-12-10-11-13-28(25)29(17-26)36(7,8)9;1-6(2)7(14)5-8(15)9(3,4)10(11,12)13;/h10-15,17,20H,18H2,1-9H3;5-6,14H,1-4H3;/q-1;;/b;7-5-;. The van der Waals surface area contributed by atoms with Crippen LogP contribution in [0.25, 0.3) is 42.6 Å². The van der Waals surface area contributed by atoms with E-state index in [-0.39, 0.29) is 42.6 Å². The van der Waals surface area contributed by atoms with E-state index in [0.29, 0.717) is 11.6 Å². The molecule has 0 unspecified atom stereocenters. The van der Waals surface area contributed by atoms with Crippen molar-refractivity contribution in [2.45, 2.75) is 108 Å². The zero-order valence-corrected chi connectivity index (χ0v) is 37.3. The maximum atomic E-state index is 12.4. The molecule has 1 radical (unpaired) electrons. The van der Waals surface area contributed by atoms with Gasteiger partial charge in [0.15, 0.2) is 5.78 Å². The summed E-state index contributed by atoms with van der Waals surface area (Å²) in [4.78, 5) is 17.4. The van der Waals surface area contributed by atoms with Gasteiger partial charge in [-0.15, -0.1) is 40.5 Å². The summed E-state index contributed by atoms with van der Waals surface area (Å²) in [5.41, 5.74) is 7.90. The third-order valence-corrected chi connectivity index (χ3v) is 11.0. The topological polar surface area (TPSA) is 74.0 Å². The number of hydrogen-bond donors (Lipinski definition) is 1. The molecule has 4 nitrogen and oxygen atoms in total. The summed E-state index contributed by atoms with van der Waals surface area (Å²) >= 11 is 1.76. The number of aliphatic hydroxyl groups excluding tert-OH is 1. The van der Waals surface area contributed by atoms with Crippen LogP contribution < -0.4 is 0 Å². The Morgan fingerprint density at radius 3 is 2.07 bits per heavy atom. The van der Waals surface area contributed by atoms with Gasteiger partial charge in [0, 0.05) is 59.0 Å². The molecule has 0 aliphatic rings. The Balaban J connectivity index is 0.000000433. The molecular weight excluding hydrogens is 894 g/mol. The largest absolute Gasteiger partial charge is 0.512 e. The number of nitriles is 1. The number of allylic oxidation sites excluding steroid dienone is 2. The maximum absolute atomic E-state index is 12.4. The summed E-state index contributed by atoms with van der Waals surface area (Å²) in [6, 6.07) is 21.5. The molecule has 0 amide bonds. The molecular formula is C46H52F3IrN2O2S-. The Morgan fingerprint density at radius 2 is 1.56 bits per heavy atom. The number of nitrogens with zero attached hydrogens (tertiary/aromatic N) is 2. The van der Waals surface area contributed by atoms with Gasteiger partial charge >= 0.3 is 6.18 Å². The van der Waals surface area contributed by atoms with Crippen molar-refractivity contribution in [1.82, 2.24) is 4.98 Å². The van der Waals surface area contributed by atoms with E-state index in [2.05, 4.69) is 117 Å². The van der Waals surface area contributed by atoms with Crippen molar-refractivity contribution in [3.8, 4) is 27.8 Å². The molecule has 5 rings (SSSR count). The van der Waals surface area contributed by atoms with Crippen molar-refractivity contribution in [3.63, 3.8) is 0 Å². The van der Waals surface area contributed by atoms with Crippen molar-refractivity contribution in [2.75, 3.05) is 0 Å². The van der Waals surface area contributed by atoms with E-state index in [9.17, 15) is 28.3 Å². The minimum Gasteiger partial charge on any atom is -0.512 e. The predicted octanol–water partition coefficient (Wildman–Crippen LogP) is 13.5. The molecule has 3 aromatic carbocycles. The third-order valence-electron chi connectivity index (χ3n) is 9.66. The van der Waals surface area contributed by atoms with Gasteiger partial charge in [-0.1, -0.05) is 96.7 Å². The van der Waals surface area contributed by atoms with Crippen LogP contribution in [0, 0.1) is 54.9 Å². The Bertz CT molecular complexity index is 2270. The molecule has 0 spiro atoms. The normalized spacial score (nSPS) is 12.7. The number of aryl methyl sites for hydroxylation is 3. The van der Waals surface area contributed by atoms with Crippen molar-refractivity contribution in [1.29, 1.82) is 5.26 Å². The van der Waals surface area contributed by atoms with E-state index in [1.165, 1.54) is 38.1 Å². The van der Waals surface area contributed by atoms with Crippen LogP contribution in [0.4, 0.5) is 13.2 Å². The number of pyridine rings is 1. The van der Waals surface area contributed by atoms with Gasteiger partial charge < -0.3 is 5.11 Å². The first-order valence-corrected chi connectivity index (χ1v) is 19.0. The average molecular weight is 946 g/mol. The van der Waals surface area contributed by atoms with Crippen LogP contribution in [-0.2, 0) is 36.7 Å². The number of benzene rings is 3. The second-order valence-corrected chi connectivity index (χ2v) is 18.4. The number of rotatable bonds is 6. The molecule has 295 valence electrons. The van der Waals surface area contributed by atoms with E-state index in [1.54, 1.807) is 31.4 Å². The fourth-order valence-corrected chi connectivity index (χ4v) is 8.00. The summed E-state index contributed by atoms with van der Waals surface area (Å²) in [7, 11) is 0. The number of alkyl halides is 3. The van der Waals surface area contributed by atoms with Gasteiger partial charge in [0.25, 0.3) is 0 Å². The smallest absolute Gasteiger partial charge is 0.401 e. The minimum absolute atomic E-state index is 0. The third kappa shape index (κ3) is 9.95. The number of fused-ring (bicyclic) bond motifs is 2. The molecule has 2 aromatic heterocycles. The quantitative estimate of drug-likeness (QED) is 0.105. The van der Waals surface area contributed by atoms with Crippen LogP contribution in [0.5, 0.6) is 0 Å². The van der Waals surface area contributed by atoms with Gasteiger partial charge in [0.1, 0.15) is 11.5 Å². The fraction of sp³-hybridized carbons (Fsp3) is 0.413. The Labute approximate surface area is 342 Å². The predicted molar refractivity (Wildman–Crippen MR) is 218 cm³/mol. The summed E-state index contributed by atoms with van der Waals surface area (Å²) in [5.74, 6) is -1.84. The first kappa shape index (κ1) is 45.6. The monoisotopic (exact) mass is 946 g/mol. The Morgan fingerprint density at radius 1 is 0.982 bits per heavy atom. The van der Waals surface area contributed by atoms with Crippen molar-refractivity contribution in [2.24, 2.45) is 16.7 Å². The molecule has 0 fully saturated rings. The molecule has 55 heavy (non-hydrogen) atoms. The molecule has 0 aliphatic heterocycles. The molecule has 0 aliphatic carbocycles. The second kappa shape index (κ2) is 16.7. The minimum atomic E-state index is -4.61. The van der Waals surface area contributed by atoms with Crippen LogP contribution in [0.3, 0.4) is 0 Å². The fourth-order valence-electron chi connectivity index (χ4n) is 6.50. The number of carbonyl (C=O) groups excluding carboxylic acids is 1. The van der Waals surface area contributed by atoms with E-state index < -0.39 is 17.4 Å². The summed E-state index contributed by atoms with van der Waals surface area (Å²) < 4.78 is 38.3. The first-order valence-electron chi connectivity index (χ1n) is 18.2. The summed E-state index contributed by atoms with van der Waals surface area (Å²) in [6.07, 6.45) is -1.18. The number of hydrogen-bond acceptors (Lipinski definition) is 5. The van der Waals surface area contributed by atoms with Crippen molar-refractivity contribution >= 4 is 38.0 Å². The molecule has 0 saturated carbocycles. The van der Waals surface area contributed by atoms with Gasteiger partial charge in [0.05, 0.1) is 11.3 Å². The zero-order valence-electron chi connectivity index (χ0n) is 34.1. The van der Waals surface area contributed by atoms with Gasteiger partial charge in [-0.3, -0.25) is 9.78 Å². The van der Waals surface area contributed by atoms with Crippen LogP contribution in [0.2, 0.25) is 0 Å². The zero-order chi connectivity index (χ0) is 40.7. The van der Waals surface area contributed by atoms with Gasteiger partial charge in [-0.25, -0.2) is 0 Å². The van der Waals surface area contributed by atoms with E-state index in [4.69, 9.17) is 4.98 Å². The molecule has 0 atom stereocenters. The number of aromatic nitrogens is 1. The summed E-state index contributed by atoms with van der Waals surface area (Å²) in [6.45, 7) is 25.0. The number of ketones is 1. The van der Waals surface area contributed by atoms with Crippen LogP contribution in [-0.4, -0.2) is 22.1 Å². The van der Waals surface area contributed by atoms with E-state index >= 15 is 0 Å². The Hall–Kier alpha value is -3.83. The molecule has 2 heterocycles. The number of carbonyl (C=O) groups is 1. The molecule has 0 bridgehead atoms. The van der Waals surface area contributed by atoms with Gasteiger partial charge in [-0.2, -0.15) is 18.4 Å². The number of thiophene rings is 1. The van der Waals surface area contributed by atoms with Crippen LogP contribution >= 0.6 is 11.3 Å². The van der Waals surface area contributed by atoms with Crippen molar-refractivity contribution < 1.29 is 43.2 Å². The molecule has 0 saturated heterocycles. The van der Waals surface area contributed by atoms with E-state index in [1.807, 2.05) is 0 Å². The second-order valence-electron chi connectivity index (χ2n) is 17.3.